The van der Waals surface area contributed by atoms with Crippen LogP contribution in [-0.2, 0) is 16.6 Å². The molecule has 1 fully saturated rings. The Hall–Kier alpha value is -3.24. The molecule has 1 aliphatic carbocycles. The van der Waals surface area contributed by atoms with Crippen LogP contribution in [-0.4, -0.2) is 65.3 Å². The minimum absolute atomic E-state index is 0.143. The number of aliphatic hydroxyl groups is 1. The van der Waals surface area contributed by atoms with Crippen molar-refractivity contribution in [3.8, 4) is 0 Å². The maximum Gasteiger partial charge on any atom is 0.229 e. The van der Waals surface area contributed by atoms with Crippen LogP contribution in [0.15, 0.2) is 59.4 Å². The molecular weight excluding hydrogens is 452 g/mol. The third-order valence-corrected chi connectivity index (χ3v) is 6.56. The number of anilines is 1. The number of nitrogens with one attached hydrogen (secondary N) is 1. The summed E-state index contributed by atoms with van der Waals surface area (Å²) >= 11 is 0. The van der Waals surface area contributed by atoms with Gasteiger partial charge in [-0.3, -0.25) is 4.72 Å². The lowest BCUT2D eigenvalue weighted by molar-refractivity contribution is -0.545. The quantitative estimate of drug-likeness (QED) is 0.426. The lowest BCUT2D eigenvalue weighted by Crippen LogP contribution is -2.35. The van der Waals surface area contributed by atoms with Crippen molar-refractivity contribution < 1.29 is 18.1 Å². The number of nitrogen functional groups attached to an aromatic ring is 1. The summed E-state index contributed by atoms with van der Waals surface area (Å²) < 4.78 is 30.5. The topological polar surface area (TPSA) is 126 Å². The van der Waals surface area contributed by atoms with Gasteiger partial charge in [-0.25, -0.2) is 22.7 Å². The van der Waals surface area contributed by atoms with Crippen LogP contribution in [0.3, 0.4) is 0 Å². The van der Waals surface area contributed by atoms with Crippen molar-refractivity contribution in [2.45, 2.75) is 26.3 Å². The van der Waals surface area contributed by atoms with E-state index in [0.717, 1.165) is 43.5 Å². The maximum absolute atomic E-state index is 12.0. The molecule has 4 rings (SSSR count). The van der Waals surface area contributed by atoms with E-state index in [1.54, 1.807) is 23.0 Å². The fourth-order valence-corrected chi connectivity index (χ4v) is 4.70. The number of nitrogens with two attached hydrogens (primary N) is 1. The van der Waals surface area contributed by atoms with Crippen molar-refractivity contribution >= 4 is 33.0 Å². The smallest absolute Gasteiger partial charge is 0.229 e. The molecule has 1 aliphatic heterocycles. The SMILES string of the molecule is Cc1ccc(Cn2ncc(/N=C3C=C/C(=[N+]4/CCCC(CO)C4)C=C/3NS(C)(=O)=O)c2N)cc1. The zero-order valence-corrected chi connectivity index (χ0v) is 20.3. The van der Waals surface area contributed by atoms with Gasteiger partial charge < -0.3 is 10.8 Å². The van der Waals surface area contributed by atoms with E-state index in [0.29, 0.717) is 29.5 Å². The fourth-order valence-electron chi connectivity index (χ4n) is 4.14. The van der Waals surface area contributed by atoms with Crippen LogP contribution < -0.4 is 10.5 Å². The van der Waals surface area contributed by atoms with E-state index >= 15 is 0 Å². The Bertz CT molecular complexity index is 1290. The molecule has 1 unspecified atom stereocenters. The van der Waals surface area contributed by atoms with E-state index < -0.39 is 10.0 Å². The molecule has 0 spiro atoms. The molecule has 2 aromatic rings. The number of rotatable bonds is 6. The summed E-state index contributed by atoms with van der Waals surface area (Å²) in [5.41, 5.74) is 10.7. The minimum Gasteiger partial charge on any atom is -0.396 e. The van der Waals surface area contributed by atoms with E-state index in [9.17, 15) is 13.5 Å². The number of aliphatic hydroxyl groups excluding tert-OH is 1. The van der Waals surface area contributed by atoms with Gasteiger partial charge in [0.15, 0.2) is 0 Å². The summed E-state index contributed by atoms with van der Waals surface area (Å²) in [5.74, 6) is 0.611. The van der Waals surface area contributed by atoms with Crippen molar-refractivity contribution in [1.29, 1.82) is 0 Å². The molecule has 0 amide bonds. The lowest BCUT2D eigenvalue weighted by atomic mass is 9.99. The Labute approximate surface area is 200 Å². The molecule has 10 heteroatoms. The molecule has 34 heavy (non-hydrogen) atoms. The van der Waals surface area contributed by atoms with Crippen molar-refractivity contribution in [3.05, 3.63) is 65.5 Å². The normalized spacial score (nSPS) is 22.1. The first-order chi connectivity index (χ1) is 16.2. The van der Waals surface area contributed by atoms with E-state index in [-0.39, 0.29) is 12.5 Å². The molecule has 2 heterocycles. The van der Waals surface area contributed by atoms with E-state index in [1.807, 2.05) is 37.3 Å². The van der Waals surface area contributed by atoms with Crippen molar-refractivity contribution in [2.75, 3.05) is 31.7 Å². The van der Waals surface area contributed by atoms with Crippen molar-refractivity contribution in [1.82, 2.24) is 14.5 Å². The Morgan fingerprint density at radius 1 is 1.29 bits per heavy atom. The highest BCUT2D eigenvalue weighted by atomic mass is 32.2. The van der Waals surface area contributed by atoms with Crippen LogP contribution >= 0.6 is 0 Å². The van der Waals surface area contributed by atoms with Crippen molar-refractivity contribution in [2.24, 2.45) is 10.9 Å². The minimum atomic E-state index is -3.52. The standard InChI is InChI=1S/C24H30N6O3S/c1-17-5-7-18(8-6-17)15-30-24(25)23(13-26-30)27-21-10-9-20(12-22(21)28-34(2,32)33)29-11-3-4-19(14-29)16-31/h5-10,12-13,19,31H,3-4,11,14-16H2,1-2H3,(H2,25,26,28)/p+1. The Balaban J connectivity index is 1.64. The van der Waals surface area contributed by atoms with Crippen LogP contribution in [0.5, 0.6) is 0 Å². The Morgan fingerprint density at radius 2 is 2.06 bits per heavy atom. The molecule has 1 saturated heterocycles. The van der Waals surface area contributed by atoms with Crippen LogP contribution in [0.1, 0.15) is 24.0 Å². The molecule has 1 aromatic heterocycles. The molecule has 9 nitrogen and oxygen atoms in total. The van der Waals surface area contributed by atoms with Gasteiger partial charge in [-0.2, -0.15) is 5.10 Å². The fraction of sp³-hybridized carbons (Fsp3) is 0.375. The number of hydrogen-bond donors (Lipinski definition) is 3. The van der Waals surface area contributed by atoms with Crippen LogP contribution in [0.2, 0.25) is 0 Å². The zero-order chi connectivity index (χ0) is 24.3. The molecule has 1 aromatic carbocycles. The maximum atomic E-state index is 12.0. The number of benzene rings is 1. The first kappa shape index (κ1) is 23.9. The molecule has 0 radical (unpaired) electrons. The molecule has 0 bridgehead atoms. The number of aryl methyl sites for hydroxylation is 1. The van der Waals surface area contributed by atoms with Gasteiger partial charge in [0.2, 0.25) is 15.7 Å². The van der Waals surface area contributed by atoms with Crippen molar-refractivity contribution in [3.63, 3.8) is 0 Å². The second-order valence-corrected chi connectivity index (χ2v) is 10.6. The highest BCUT2D eigenvalue weighted by molar-refractivity contribution is 7.88. The van der Waals surface area contributed by atoms with Gasteiger partial charge in [0.1, 0.15) is 24.6 Å². The summed E-state index contributed by atoms with van der Waals surface area (Å²) in [5, 5.41) is 13.9. The Morgan fingerprint density at radius 3 is 2.76 bits per heavy atom. The number of nitrogens with zero attached hydrogens (tertiary/aromatic N) is 4. The largest absolute Gasteiger partial charge is 0.396 e. The number of aliphatic imine (C=N–C) groups is 1. The third-order valence-electron chi connectivity index (χ3n) is 5.97. The molecule has 0 saturated carbocycles. The highest BCUT2D eigenvalue weighted by Gasteiger charge is 2.26. The van der Waals surface area contributed by atoms with Gasteiger partial charge in [0.25, 0.3) is 0 Å². The van der Waals surface area contributed by atoms with E-state index in [2.05, 4.69) is 19.4 Å². The molecule has 180 valence electrons. The van der Waals surface area contributed by atoms with Gasteiger partial charge in [0.05, 0.1) is 37.0 Å². The monoisotopic (exact) mass is 483 g/mol. The number of allylic oxidation sites excluding steroid dienone is 3. The van der Waals surface area contributed by atoms with Gasteiger partial charge >= 0.3 is 0 Å². The number of sulfonamides is 1. The Kier molecular flexibility index (Phi) is 6.99. The number of hydrogen-bond acceptors (Lipinski definition) is 6. The van der Waals surface area contributed by atoms with Gasteiger partial charge in [-0.05, 0) is 25.0 Å². The summed E-state index contributed by atoms with van der Waals surface area (Å²) in [6.07, 6.45) is 10.1. The van der Waals surface area contributed by atoms with Crippen LogP contribution in [0.4, 0.5) is 11.5 Å². The first-order valence-corrected chi connectivity index (χ1v) is 13.2. The third kappa shape index (κ3) is 5.81. The van der Waals surface area contributed by atoms with Gasteiger partial charge in [-0.15, -0.1) is 0 Å². The number of piperidine rings is 1. The average Bonchev–Trinajstić information content (AvgIpc) is 3.14. The van der Waals surface area contributed by atoms with Gasteiger partial charge in [-0.1, -0.05) is 29.8 Å². The van der Waals surface area contributed by atoms with Crippen LogP contribution in [0.25, 0.3) is 0 Å². The van der Waals surface area contributed by atoms with Crippen LogP contribution in [0, 0.1) is 12.8 Å². The molecule has 1 atom stereocenters. The second kappa shape index (κ2) is 9.94. The first-order valence-electron chi connectivity index (χ1n) is 11.3. The zero-order valence-electron chi connectivity index (χ0n) is 19.5. The highest BCUT2D eigenvalue weighted by Crippen LogP contribution is 2.24. The summed E-state index contributed by atoms with van der Waals surface area (Å²) in [7, 11) is -3.52. The predicted octanol–water partition coefficient (Wildman–Crippen LogP) is 1.75. The summed E-state index contributed by atoms with van der Waals surface area (Å²) in [4.78, 5) is 4.62. The average molecular weight is 484 g/mol. The summed E-state index contributed by atoms with van der Waals surface area (Å²) in [6, 6.07) is 8.14. The van der Waals surface area contributed by atoms with E-state index in [1.165, 1.54) is 5.56 Å². The van der Waals surface area contributed by atoms with E-state index in [4.69, 9.17) is 5.73 Å². The van der Waals surface area contributed by atoms with Gasteiger partial charge in [0, 0.05) is 24.5 Å². The summed E-state index contributed by atoms with van der Waals surface area (Å²) in [6.45, 7) is 4.26. The molecule has 2 aliphatic rings. The molecule has 4 N–H and O–H groups in total. The lowest BCUT2D eigenvalue weighted by Gasteiger charge is -2.20. The predicted molar refractivity (Wildman–Crippen MR) is 134 cm³/mol. The molecular formula is C24H31N6O3S+. The number of aromatic nitrogens is 2. The second-order valence-electron chi connectivity index (χ2n) is 8.88.